The minimum absolute atomic E-state index is 0.00708. The van der Waals surface area contributed by atoms with Gasteiger partial charge >= 0.3 is 6.03 Å². The minimum atomic E-state index is -0.475. The number of nitrogens with zero attached hydrogens (tertiary/aromatic N) is 2. The number of carbonyl (C=O) groups is 3. The average Bonchev–Trinajstić information content (AvgIpc) is 3.00. The molecule has 0 aromatic rings. The Kier molecular flexibility index (Phi) is 5.22. The van der Waals surface area contributed by atoms with Crippen molar-refractivity contribution in [2.24, 2.45) is 16.6 Å². The highest BCUT2D eigenvalue weighted by molar-refractivity contribution is 6.16. The number of aliphatic imine (C=N–C) groups is 1. The van der Waals surface area contributed by atoms with Crippen molar-refractivity contribution in [2.75, 3.05) is 13.1 Å². The second-order valence-electron chi connectivity index (χ2n) is 7.14. The van der Waals surface area contributed by atoms with Gasteiger partial charge in [0, 0.05) is 24.7 Å². The molecule has 0 bridgehead atoms. The van der Waals surface area contributed by atoms with Crippen LogP contribution in [0.1, 0.15) is 26.7 Å². The van der Waals surface area contributed by atoms with Gasteiger partial charge in [0.15, 0.2) is 0 Å². The van der Waals surface area contributed by atoms with Crippen molar-refractivity contribution in [2.45, 2.75) is 44.8 Å². The van der Waals surface area contributed by atoms with Crippen LogP contribution in [0.25, 0.3) is 0 Å². The van der Waals surface area contributed by atoms with Crippen molar-refractivity contribution < 1.29 is 14.4 Å². The zero-order valence-corrected chi connectivity index (χ0v) is 15.1. The van der Waals surface area contributed by atoms with E-state index in [9.17, 15) is 14.4 Å². The smallest absolute Gasteiger partial charge is 0.342 e. The van der Waals surface area contributed by atoms with Gasteiger partial charge in [-0.05, 0) is 38.7 Å². The first kappa shape index (κ1) is 18.3. The van der Waals surface area contributed by atoms with Crippen molar-refractivity contribution in [3.63, 3.8) is 0 Å². The Labute approximate surface area is 152 Å². The van der Waals surface area contributed by atoms with Crippen LogP contribution < -0.4 is 16.4 Å². The molecule has 2 aliphatic heterocycles. The molecule has 0 radical (unpaired) electrons. The van der Waals surface area contributed by atoms with E-state index in [1.54, 1.807) is 30.1 Å². The Bertz CT molecular complexity index is 702. The molecule has 1 saturated heterocycles. The van der Waals surface area contributed by atoms with E-state index in [1.807, 2.05) is 6.92 Å². The molecule has 140 valence electrons. The highest BCUT2D eigenvalue weighted by atomic mass is 16.2. The lowest BCUT2D eigenvalue weighted by Crippen LogP contribution is -2.49. The molecule has 3 rings (SSSR count). The number of nitrogens with one attached hydrogen (secondary N) is 2. The number of hydrogen-bond donors (Lipinski definition) is 3. The van der Waals surface area contributed by atoms with Gasteiger partial charge in [-0.1, -0.05) is 12.2 Å². The molecule has 3 aliphatic rings. The molecular formula is C18H25N5O3. The van der Waals surface area contributed by atoms with Crippen molar-refractivity contribution in [1.29, 1.82) is 0 Å². The fraction of sp³-hybridized carbons (Fsp3) is 0.556. The molecule has 0 saturated carbocycles. The average molecular weight is 359 g/mol. The molecule has 4 amide bonds. The number of rotatable bonds is 4. The molecular weight excluding hydrogens is 334 g/mol. The lowest BCUT2D eigenvalue weighted by molar-refractivity contribution is -0.134. The highest BCUT2D eigenvalue weighted by Crippen LogP contribution is 2.22. The molecule has 0 spiro atoms. The molecule has 2 heterocycles. The summed E-state index contributed by atoms with van der Waals surface area (Å²) in [5.41, 5.74) is 6.72. The standard InChI is InChI=1S/C18H25N5O3/c1-10(19)17(25)23-7-5-12(6-8-23)11(2)20-16(24)13-3-4-14-15(9-13)22-18(26)21-14/h3-4,9-12,14H,5-8,19H2,1-2H3,(H,20,24)(H,21,26)/t10-,11?,14?/m0/s1. The fourth-order valence-corrected chi connectivity index (χ4v) is 3.56. The summed E-state index contributed by atoms with van der Waals surface area (Å²) >= 11 is 0. The Morgan fingerprint density at radius 1 is 1.35 bits per heavy atom. The van der Waals surface area contributed by atoms with Crippen molar-refractivity contribution in [3.8, 4) is 0 Å². The van der Waals surface area contributed by atoms with E-state index < -0.39 is 6.04 Å². The predicted octanol–water partition coefficient (Wildman–Crippen LogP) is 0.106. The number of amides is 4. The third kappa shape index (κ3) is 3.85. The van der Waals surface area contributed by atoms with Crippen LogP contribution in [-0.4, -0.2) is 59.7 Å². The summed E-state index contributed by atoms with van der Waals surface area (Å²) < 4.78 is 0. The second-order valence-corrected chi connectivity index (χ2v) is 7.14. The quantitative estimate of drug-likeness (QED) is 0.660. The number of likely N-dealkylation sites (tertiary alicyclic amines) is 1. The van der Waals surface area contributed by atoms with Crippen molar-refractivity contribution in [1.82, 2.24) is 15.5 Å². The first-order valence-electron chi connectivity index (χ1n) is 8.99. The van der Waals surface area contributed by atoms with E-state index in [-0.39, 0.29) is 29.9 Å². The van der Waals surface area contributed by atoms with Crippen LogP contribution in [0.15, 0.2) is 28.8 Å². The fourth-order valence-electron chi connectivity index (χ4n) is 3.56. The van der Waals surface area contributed by atoms with Gasteiger partial charge in [0.2, 0.25) is 5.91 Å². The predicted molar refractivity (Wildman–Crippen MR) is 97.5 cm³/mol. The van der Waals surface area contributed by atoms with Crippen LogP contribution in [0.5, 0.6) is 0 Å². The molecule has 4 N–H and O–H groups in total. The number of piperidine rings is 1. The Morgan fingerprint density at radius 3 is 2.69 bits per heavy atom. The molecule has 3 atom stereocenters. The molecule has 8 heteroatoms. The third-order valence-electron chi connectivity index (χ3n) is 5.17. The van der Waals surface area contributed by atoms with E-state index in [1.165, 1.54) is 0 Å². The van der Waals surface area contributed by atoms with Gasteiger partial charge in [-0.25, -0.2) is 4.79 Å². The molecule has 1 aliphatic carbocycles. The third-order valence-corrected chi connectivity index (χ3v) is 5.17. The van der Waals surface area contributed by atoms with Crippen LogP contribution in [0.4, 0.5) is 4.79 Å². The summed E-state index contributed by atoms with van der Waals surface area (Å²) in [5.74, 6) is 0.111. The maximum absolute atomic E-state index is 12.5. The van der Waals surface area contributed by atoms with Gasteiger partial charge in [0.25, 0.3) is 5.91 Å². The Balaban J connectivity index is 1.53. The topological polar surface area (TPSA) is 117 Å². The van der Waals surface area contributed by atoms with Crippen LogP contribution in [-0.2, 0) is 9.59 Å². The zero-order valence-electron chi connectivity index (χ0n) is 15.1. The number of urea groups is 1. The summed E-state index contributed by atoms with van der Waals surface area (Å²) in [6.07, 6.45) is 6.79. The normalized spacial score (nSPS) is 25.0. The monoisotopic (exact) mass is 359 g/mol. The van der Waals surface area contributed by atoms with E-state index in [0.717, 1.165) is 12.8 Å². The van der Waals surface area contributed by atoms with Crippen LogP contribution in [0.2, 0.25) is 0 Å². The molecule has 0 aromatic carbocycles. The maximum atomic E-state index is 12.5. The summed E-state index contributed by atoms with van der Waals surface area (Å²) in [5, 5.41) is 5.71. The number of fused-ring (bicyclic) bond motifs is 1. The maximum Gasteiger partial charge on any atom is 0.342 e. The SMILES string of the molecule is CC(NC(=O)C1=CC2=NC(=O)NC2C=C1)C1CCN(C(=O)[C@H](C)N)CC1. The molecule has 0 aromatic heterocycles. The van der Waals surface area contributed by atoms with Crippen molar-refractivity contribution >= 4 is 23.6 Å². The number of carbonyl (C=O) groups excluding carboxylic acids is 3. The van der Waals surface area contributed by atoms with Gasteiger partial charge in [0.1, 0.15) is 0 Å². The van der Waals surface area contributed by atoms with Crippen LogP contribution >= 0.6 is 0 Å². The first-order valence-corrected chi connectivity index (χ1v) is 8.99. The highest BCUT2D eigenvalue weighted by Gasteiger charge is 2.30. The van der Waals surface area contributed by atoms with Crippen LogP contribution in [0, 0.1) is 5.92 Å². The second kappa shape index (κ2) is 7.41. The number of nitrogens with two attached hydrogens (primary N) is 1. The van der Waals surface area contributed by atoms with Crippen LogP contribution in [0.3, 0.4) is 0 Å². The lowest BCUT2D eigenvalue weighted by atomic mass is 9.89. The van der Waals surface area contributed by atoms with Gasteiger partial charge in [0.05, 0.1) is 17.8 Å². The lowest BCUT2D eigenvalue weighted by Gasteiger charge is -2.36. The zero-order chi connectivity index (χ0) is 18.8. The Hall–Kier alpha value is -2.48. The first-order chi connectivity index (χ1) is 12.3. The summed E-state index contributed by atoms with van der Waals surface area (Å²) in [6, 6.07) is -1.10. The van der Waals surface area contributed by atoms with Gasteiger partial charge in [-0.2, -0.15) is 4.99 Å². The number of hydrogen-bond acceptors (Lipinski definition) is 4. The van der Waals surface area contributed by atoms with Crippen molar-refractivity contribution in [3.05, 3.63) is 23.8 Å². The van der Waals surface area contributed by atoms with E-state index in [4.69, 9.17) is 5.73 Å². The van der Waals surface area contributed by atoms with Gasteiger partial charge in [-0.3, -0.25) is 9.59 Å². The molecule has 8 nitrogen and oxygen atoms in total. The largest absolute Gasteiger partial charge is 0.349 e. The molecule has 26 heavy (non-hydrogen) atoms. The summed E-state index contributed by atoms with van der Waals surface area (Å²) in [6.45, 7) is 5.02. The molecule has 1 fully saturated rings. The van der Waals surface area contributed by atoms with E-state index >= 15 is 0 Å². The van der Waals surface area contributed by atoms with Gasteiger partial charge in [-0.15, -0.1) is 0 Å². The Morgan fingerprint density at radius 2 is 2.04 bits per heavy atom. The van der Waals surface area contributed by atoms with E-state index in [0.29, 0.717) is 30.3 Å². The summed E-state index contributed by atoms with van der Waals surface area (Å²) in [4.78, 5) is 41.4. The van der Waals surface area contributed by atoms with Gasteiger partial charge < -0.3 is 21.3 Å². The van der Waals surface area contributed by atoms with E-state index in [2.05, 4.69) is 15.6 Å². The molecule has 2 unspecified atom stereocenters. The minimum Gasteiger partial charge on any atom is -0.349 e. The summed E-state index contributed by atoms with van der Waals surface area (Å²) in [7, 11) is 0.